The van der Waals surface area contributed by atoms with Gasteiger partial charge in [0.2, 0.25) is 0 Å². The Labute approximate surface area is 387 Å². The van der Waals surface area contributed by atoms with Gasteiger partial charge in [-0.3, -0.25) is 0 Å². The largest absolute Gasteiger partial charge is 0.309 e. The summed E-state index contributed by atoms with van der Waals surface area (Å²) in [6.45, 7) is 0. The van der Waals surface area contributed by atoms with Gasteiger partial charge >= 0.3 is 0 Å². The van der Waals surface area contributed by atoms with Crippen molar-refractivity contribution in [1.82, 2.24) is 34.5 Å². The standard InChI is InChI=1S/C60H39N7/c1-6-20-40(21-7-1)55-61-56(41-22-8-2-9-23-41)64-59(63-55)49-32-18-16-30-47(49)44-34-36-53-51(38-44)52-39-45(35-37-54(52)67(53)46-28-14-5-15-29-46)48-31-17-19-33-50(48)60-65-57(42-24-10-3-11-25-42)62-58(66-60)43-26-12-4-13-27-43/h1-39H. The Kier molecular flexibility index (Phi) is 10.0. The van der Waals surface area contributed by atoms with Crippen molar-refractivity contribution in [2.45, 2.75) is 0 Å². The van der Waals surface area contributed by atoms with E-state index >= 15 is 0 Å². The van der Waals surface area contributed by atoms with Gasteiger partial charge in [-0.25, -0.2) is 29.9 Å². The van der Waals surface area contributed by atoms with Gasteiger partial charge in [-0.1, -0.05) is 200 Å². The molecule has 67 heavy (non-hydrogen) atoms. The van der Waals surface area contributed by atoms with Crippen LogP contribution in [0.3, 0.4) is 0 Å². The number of hydrogen-bond donors (Lipinski definition) is 0. The average molecular weight is 858 g/mol. The van der Waals surface area contributed by atoms with E-state index < -0.39 is 0 Å². The fraction of sp³-hybridized carbons (Fsp3) is 0. The minimum Gasteiger partial charge on any atom is -0.309 e. The lowest BCUT2D eigenvalue weighted by molar-refractivity contribution is 1.07. The molecule has 0 aliphatic rings. The van der Waals surface area contributed by atoms with E-state index in [1.807, 2.05) is 121 Å². The van der Waals surface area contributed by atoms with Crippen molar-refractivity contribution in [2.75, 3.05) is 0 Å². The molecule has 7 heteroatoms. The van der Waals surface area contributed by atoms with Gasteiger partial charge in [0.1, 0.15) is 0 Å². The second-order valence-electron chi connectivity index (χ2n) is 16.3. The summed E-state index contributed by atoms with van der Waals surface area (Å²) in [5.41, 5.74) is 13.0. The van der Waals surface area contributed by atoms with Crippen molar-refractivity contribution in [2.24, 2.45) is 0 Å². The molecule has 3 aromatic heterocycles. The van der Waals surface area contributed by atoms with Crippen LogP contribution < -0.4 is 0 Å². The first-order valence-electron chi connectivity index (χ1n) is 22.3. The predicted octanol–water partition coefficient (Wildman–Crippen LogP) is 14.5. The van der Waals surface area contributed by atoms with Crippen molar-refractivity contribution >= 4 is 21.8 Å². The number of aromatic nitrogens is 7. The molecule has 0 aliphatic heterocycles. The van der Waals surface area contributed by atoms with E-state index in [2.05, 4.69) is 120 Å². The molecule has 314 valence electrons. The van der Waals surface area contributed by atoms with E-state index in [1.165, 1.54) is 0 Å². The Morgan fingerprint density at radius 1 is 0.224 bits per heavy atom. The van der Waals surface area contributed by atoms with E-state index in [1.54, 1.807) is 0 Å². The lowest BCUT2D eigenvalue weighted by atomic mass is 9.95. The van der Waals surface area contributed by atoms with Crippen LogP contribution in [-0.4, -0.2) is 34.5 Å². The third-order valence-corrected chi connectivity index (χ3v) is 12.1. The average Bonchev–Trinajstić information content (AvgIpc) is 3.75. The number of hydrogen-bond acceptors (Lipinski definition) is 6. The molecule has 0 bridgehead atoms. The van der Waals surface area contributed by atoms with E-state index in [-0.39, 0.29) is 0 Å². The summed E-state index contributed by atoms with van der Waals surface area (Å²) in [6, 6.07) is 81.3. The summed E-state index contributed by atoms with van der Waals surface area (Å²) in [5, 5.41) is 2.24. The van der Waals surface area contributed by atoms with Crippen LogP contribution in [0.25, 0.3) is 118 Å². The first kappa shape index (κ1) is 39.4. The molecular weight excluding hydrogens is 819 g/mol. The van der Waals surface area contributed by atoms with Crippen LogP contribution in [0.15, 0.2) is 237 Å². The quantitative estimate of drug-likeness (QED) is 0.144. The topological polar surface area (TPSA) is 82.3 Å². The van der Waals surface area contributed by atoms with Crippen LogP contribution in [-0.2, 0) is 0 Å². The molecule has 0 saturated carbocycles. The SMILES string of the molecule is c1ccc(-c2nc(-c3ccccc3)nc(-c3ccccc3-c3ccc4c(c3)c3cc(-c5ccccc5-c5nc(-c6ccccc6)nc(-c6ccccc6)n5)ccc3n4-c3ccccc3)n2)cc1. The smallest absolute Gasteiger partial charge is 0.164 e. The minimum absolute atomic E-state index is 0.609. The molecule has 0 N–H and O–H groups in total. The second kappa shape index (κ2) is 17.1. The maximum Gasteiger partial charge on any atom is 0.164 e. The molecule has 0 atom stereocenters. The molecule has 12 aromatic rings. The third kappa shape index (κ3) is 7.50. The Balaban J connectivity index is 1.04. The lowest BCUT2D eigenvalue weighted by Crippen LogP contribution is -2.01. The lowest BCUT2D eigenvalue weighted by Gasteiger charge is -2.12. The Hall–Kier alpha value is -9.20. The zero-order valence-corrected chi connectivity index (χ0v) is 36.1. The van der Waals surface area contributed by atoms with Crippen molar-refractivity contribution in [3.63, 3.8) is 0 Å². The van der Waals surface area contributed by atoms with Gasteiger partial charge in [-0.2, -0.15) is 0 Å². The zero-order chi connectivity index (χ0) is 44.5. The maximum absolute atomic E-state index is 5.12. The fourth-order valence-electron chi connectivity index (χ4n) is 8.93. The van der Waals surface area contributed by atoms with Crippen LogP contribution in [0.2, 0.25) is 0 Å². The monoisotopic (exact) mass is 857 g/mol. The van der Waals surface area contributed by atoms with Gasteiger partial charge in [0.15, 0.2) is 34.9 Å². The Morgan fingerprint density at radius 2 is 0.507 bits per heavy atom. The summed E-state index contributed by atoms with van der Waals surface area (Å²) in [4.78, 5) is 30.4. The molecule has 12 rings (SSSR count). The molecule has 0 spiro atoms. The van der Waals surface area contributed by atoms with E-state index in [9.17, 15) is 0 Å². The van der Waals surface area contributed by atoms with Gasteiger partial charge in [0, 0.05) is 49.8 Å². The molecule has 0 unspecified atom stereocenters. The molecule has 0 fully saturated rings. The molecule has 0 aliphatic carbocycles. The Morgan fingerprint density at radius 3 is 0.851 bits per heavy atom. The van der Waals surface area contributed by atoms with Crippen molar-refractivity contribution < 1.29 is 0 Å². The highest BCUT2D eigenvalue weighted by atomic mass is 15.0. The van der Waals surface area contributed by atoms with Crippen LogP contribution in [0.5, 0.6) is 0 Å². The van der Waals surface area contributed by atoms with Gasteiger partial charge < -0.3 is 4.57 Å². The van der Waals surface area contributed by atoms with Crippen LogP contribution in [0.4, 0.5) is 0 Å². The fourth-order valence-corrected chi connectivity index (χ4v) is 8.93. The summed E-state index contributed by atoms with van der Waals surface area (Å²) in [6.07, 6.45) is 0. The minimum atomic E-state index is 0.609. The predicted molar refractivity (Wildman–Crippen MR) is 271 cm³/mol. The van der Waals surface area contributed by atoms with Crippen molar-refractivity contribution in [1.29, 1.82) is 0 Å². The van der Waals surface area contributed by atoms with Crippen LogP contribution in [0, 0.1) is 0 Å². The third-order valence-electron chi connectivity index (χ3n) is 12.1. The van der Waals surface area contributed by atoms with Gasteiger partial charge in [0.25, 0.3) is 0 Å². The summed E-state index contributed by atoms with van der Waals surface area (Å²) < 4.78 is 2.35. The molecule has 0 amide bonds. The molecule has 0 radical (unpaired) electrons. The zero-order valence-electron chi connectivity index (χ0n) is 36.1. The highest BCUT2D eigenvalue weighted by molar-refractivity contribution is 6.12. The summed E-state index contributed by atoms with van der Waals surface area (Å²) in [7, 11) is 0. The van der Waals surface area contributed by atoms with Gasteiger partial charge in [-0.15, -0.1) is 0 Å². The van der Waals surface area contributed by atoms with E-state index in [4.69, 9.17) is 29.9 Å². The van der Waals surface area contributed by atoms with Crippen molar-refractivity contribution in [3.8, 4) is 96.3 Å². The van der Waals surface area contributed by atoms with Crippen LogP contribution >= 0.6 is 0 Å². The first-order valence-corrected chi connectivity index (χ1v) is 22.3. The van der Waals surface area contributed by atoms with Gasteiger partial charge in [0.05, 0.1) is 11.0 Å². The highest BCUT2D eigenvalue weighted by Crippen LogP contribution is 2.41. The number of para-hydroxylation sites is 1. The maximum atomic E-state index is 5.12. The Bertz CT molecular complexity index is 3380. The molecule has 7 nitrogen and oxygen atoms in total. The molecule has 0 saturated heterocycles. The normalized spacial score (nSPS) is 11.3. The van der Waals surface area contributed by atoms with Gasteiger partial charge in [-0.05, 0) is 58.7 Å². The summed E-state index contributed by atoms with van der Waals surface area (Å²) >= 11 is 0. The van der Waals surface area contributed by atoms with Crippen molar-refractivity contribution in [3.05, 3.63) is 237 Å². The second-order valence-corrected chi connectivity index (χ2v) is 16.3. The van der Waals surface area contributed by atoms with E-state index in [0.29, 0.717) is 34.9 Å². The number of fused-ring (bicyclic) bond motifs is 3. The van der Waals surface area contributed by atoms with Crippen LogP contribution in [0.1, 0.15) is 0 Å². The molecule has 9 aromatic carbocycles. The first-order chi connectivity index (χ1) is 33.2. The number of nitrogens with zero attached hydrogens (tertiary/aromatic N) is 7. The number of rotatable bonds is 9. The molecule has 3 heterocycles. The molecular formula is C60H39N7. The summed E-state index contributed by atoms with van der Waals surface area (Å²) in [5.74, 6) is 3.71. The number of benzene rings is 9. The van der Waals surface area contributed by atoms with E-state index in [0.717, 1.165) is 83.1 Å². The highest BCUT2D eigenvalue weighted by Gasteiger charge is 2.20.